The number of hydrogen-bond donors (Lipinski definition) is 0. The van der Waals surface area contributed by atoms with Crippen LogP contribution < -0.4 is 4.90 Å². The van der Waals surface area contributed by atoms with Crippen LogP contribution in [-0.2, 0) is 33.3 Å². The fraction of sp³-hybridized carbons (Fsp3) is 0.464. The second-order valence-electron chi connectivity index (χ2n) is 9.78. The Kier molecular flexibility index (Phi) is 11.8. The number of esters is 3. The molecule has 0 radical (unpaired) electrons. The molecule has 1 aromatic heterocycles. The lowest BCUT2D eigenvalue weighted by atomic mass is 10.1. The molecule has 0 aliphatic carbocycles. The predicted octanol–water partition coefficient (Wildman–Crippen LogP) is 3.54. The van der Waals surface area contributed by atoms with Gasteiger partial charge < -0.3 is 28.7 Å². The molecule has 218 valence electrons. The summed E-state index contributed by atoms with van der Waals surface area (Å²) in [6.45, 7) is 7.64. The van der Waals surface area contributed by atoms with Crippen LogP contribution in [0.25, 0.3) is 0 Å². The zero-order valence-electron chi connectivity index (χ0n) is 23.8. The first kappa shape index (κ1) is 32.4. The normalized spacial score (nSPS) is 11.8. The summed E-state index contributed by atoms with van der Waals surface area (Å²) in [4.78, 5) is 66.0. The van der Waals surface area contributed by atoms with Crippen LogP contribution in [-0.4, -0.2) is 81.2 Å². The first-order chi connectivity index (χ1) is 18.8. The zero-order chi connectivity index (χ0) is 30.0. The molecule has 2 aromatic rings. The van der Waals surface area contributed by atoms with E-state index < -0.39 is 35.5 Å². The van der Waals surface area contributed by atoms with Crippen molar-refractivity contribution >= 4 is 46.6 Å². The molecule has 11 nitrogen and oxygen atoms in total. The highest BCUT2D eigenvalue weighted by Crippen LogP contribution is 2.38. The Labute approximate surface area is 237 Å². The van der Waals surface area contributed by atoms with Gasteiger partial charge in [0.2, 0.25) is 6.41 Å². The van der Waals surface area contributed by atoms with Gasteiger partial charge in [-0.1, -0.05) is 30.3 Å². The Balaban J connectivity index is 2.53. The number of thiophene rings is 1. The summed E-state index contributed by atoms with van der Waals surface area (Å²) in [7, 11) is 2.77. The van der Waals surface area contributed by atoms with Crippen LogP contribution in [0.5, 0.6) is 0 Å². The van der Waals surface area contributed by atoms with Crippen LogP contribution in [0.4, 0.5) is 5.00 Å². The molecule has 0 fully saturated rings. The number of rotatable bonds is 13. The van der Waals surface area contributed by atoms with E-state index in [0.717, 1.165) is 16.2 Å². The van der Waals surface area contributed by atoms with Crippen LogP contribution in [0.2, 0.25) is 0 Å². The second kappa shape index (κ2) is 14.6. The molecule has 0 aliphatic rings. The number of amides is 2. The lowest BCUT2D eigenvalue weighted by molar-refractivity contribution is -0.155. The highest BCUT2D eigenvalue weighted by Gasteiger charge is 2.32. The fourth-order valence-corrected chi connectivity index (χ4v) is 4.88. The summed E-state index contributed by atoms with van der Waals surface area (Å²) in [6, 6.07) is 8.77. The third-order valence-corrected chi connectivity index (χ3v) is 6.70. The van der Waals surface area contributed by atoms with E-state index in [1.807, 2.05) is 0 Å². The predicted molar refractivity (Wildman–Crippen MR) is 148 cm³/mol. The molecule has 1 unspecified atom stereocenters. The average Bonchev–Trinajstić information content (AvgIpc) is 3.22. The number of hydrogen-bond acceptors (Lipinski definition) is 10. The maximum atomic E-state index is 13.6. The second-order valence-corrected chi connectivity index (χ2v) is 10.8. The molecule has 1 heterocycles. The van der Waals surface area contributed by atoms with Crippen molar-refractivity contribution in [1.82, 2.24) is 4.90 Å². The first-order valence-corrected chi connectivity index (χ1v) is 13.4. The molecule has 0 aliphatic heterocycles. The van der Waals surface area contributed by atoms with Gasteiger partial charge in [0.25, 0.3) is 5.91 Å². The van der Waals surface area contributed by atoms with E-state index in [1.165, 1.54) is 19.1 Å². The molecule has 1 atom stereocenters. The van der Waals surface area contributed by atoms with Crippen LogP contribution >= 0.6 is 11.3 Å². The number of anilines is 1. The minimum atomic E-state index is -0.912. The van der Waals surface area contributed by atoms with Crippen molar-refractivity contribution in [1.29, 1.82) is 0 Å². The minimum absolute atomic E-state index is 0.0428. The summed E-state index contributed by atoms with van der Waals surface area (Å²) in [5, 5.41) is 0.139. The maximum Gasteiger partial charge on any atom is 0.348 e. The van der Waals surface area contributed by atoms with Crippen molar-refractivity contribution in [3.63, 3.8) is 0 Å². The summed E-state index contributed by atoms with van der Waals surface area (Å²) >= 11 is 0.899. The van der Waals surface area contributed by atoms with Gasteiger partial charge in [-0.25, -0.2) is 9.59 Å². The smallest absolute Gasteiger partial charge is 0.348 e. The number of methoxy groups -OCH3 is 1. The van der Waals surface area contributed by atoms with E-state index >= 15 is 0 Å². The van der Waals surface area contributed by atoms with E-state index in [1.54, 1.807) is 65.0 Å². The van der Waals surface area contributed by atoms with E-state index in [9.17, 15) is 24.0 Å². The molecule has 0 bridgehead atoms. The summed E-state index contributed by atoms with van der Waals surface area (Å²) in [5.41, 5.74) is 0.190. The number of carbonyl (C=O) groups is 5. The van der Waals surface area contributed by atoms with Crippen LogP contribution in [0.1, 0.15) is 65.0 Å². The van der Waals surface area contributed by atoms with E-state index in [2.05, 4.69) is 0 Å². The molecular weight excluding hydrogens is 540 g/mol. The third kappa shape index (κ3) is 8.88. The topological polar surface area (TPSA) is 129 Å². The van der Waals surface area contributed by atoms with Gasteiger partial charge in [-0.2, -0.15) is 0 Å². The monoisotopic (exact) mass is 576 g/mol. The Morgan fingerprint density at radius 2 is 1.73 bits per heavy atom. The first-order valence-electron chi connectivity index (χ1n) is 12.6. The third-order valence-electron chi connectivity index (χ3n) is 5.39. The number of ether oxygens (including phenoxy) is 4. The molecular formula is C28H36N2O9S. The van der Waals surface area contributed by atoms with Gasteiger partial charge >= 0.3 is 17.9 Å². The van der Waals surface area contributed by atoms with Crippen molar-refractivity contribution in [3.8, 4) is 0 Å². The molecule has 1 aromatic carbocycles. The van der Waals surface area contributed by atoms with Gasteiger partial charge in [0.1, 0.15) is 34.7 Å². The van der Waals surface area contributed by atoms with E-state index in [4.69, 9.17) is 18.9 Å². The van der Waals surface area contributed by atoms with Gasteiger partial charge in [0.15, 0.2) is 0 Å². The highest BCUT2D eigenvalue weighted by molar-refractivity contribution is 7.18. The summed E-state index contributed by atoms with van der Waals surface area (Å²) < 4.78 is 21.0. The average molecular weight is 577 g/mol. The lowest BCUT2D eigenvalue weighted by Gasteiger charge is -2.26. The van der Waals surface area contributed by atoms with Crippen molar-refractivity contribution in [3.05, 3.63) is 51.9 Å². The molecule has 12 heteroatoms. The molecule has 0 spiro atoms. The van der Waals surface area contributed by atoms with Crippen molar-refractivity contribution in [2.45, 2.75) is 46.3 Å². The fourth-order valence-electron chi connectivity index (χ4n) is 3.72. The summed E-state index contributed by atoms with van der Waals surface area (Å²) in [6.07, 6.45) is -0.421. The molecule has 0 N–H and O–H groups in total. The molecule has 40 heavy (non-hydrogen) atoms. The van der Waals surface area contributed by atoms with Gasteiger partial charge in [-0.15, -0.1) is 11.3 Å². The molecule has 0 saturated heterocycles. The van der Waals surface area contributed by atoms with Crippen molar-refractivity contribution < 1.29 is 42.9 Å². The molecule has 0 saturated carbocycles. The Bertz CT molecular complexity index is 1200. The summed E-state index contributed by atoms with van der Waals surface area (Å²) in [5.74, 6) is -2.53. The Hall–Kier alpha value is -3.77. The minimum Gasteiger partial charge on any atom is -0.462 e. The standard InChI is InChI=1S/C28H36N2O9S/c1-8-37-27(35)24-18(2)23(25(34)29(6)15-21(32)39-28(3,4)5)26(40-24)30(17-31)14-20(38-22(33)16-36-7)19-12-10-9-11-13-19/h9-13,17,20H,8,14-16H2,1-7H3. The van der Waals surface area contributed by atoms with Crippen LogP contribution in [0.3, 0.4) is 0 Å². The largest absolute Gasteiger partial charge is 0.462 e. The number of carbonyl (C=O) groups excluding carboxylic acids is 5. The Morgan fingerprint density at radius 1 is 1.07 bits per heavy atom. The Morgan fingerprint density at radius 3 is 2.27 bits per heavy atom. The number of nitrogens with zero attached hydrogens (tertiary/aromatic N) is 2. The van der Waals surface area contributed by atoms with Crippen LogP contribution in [0.15, 0.2) is 30.3 Å². The van der Waals surface area contributed by atoms with Crippen molar-refractivity contribution in [2.75, 3.05) is 45.4 Å². The van der Waals surface area contributed by atoms with Crippen LogP contribution in [0, 0.1) is 6.92 Å². The zero-order valence-corrected chi connectivity index (χ0v) is 24.7. The van der Waals surface area contributed by atoms with Gasteiger partial charge in [-0.3, -0.25) is 14.4 Å². The van der Waals surface area contributed by atoms with Gasteiger partial charge in [0.05, 0.1) is 18.7 Å². The van der Waals surface area contributed by atoms with E-state index in [-0.39, 0.29) is 41.7 Å². The molecule has 2 rings (SSSR count). The van der Waals surface area contributed by atoms with Gasteiger partial charge in [-0.05, 0) is 45.7 Å². The maximum absolute atomic E-state index is 13.6. The SMILES string of the molecule is CCOC(=O)c1sc(N(C=O)CC(OC(=O)COC)c2ccccc2)c(C(=O)N(C)CC(=O)OC(C)(C)C)c1C. The number of benzene rings is 1. The highest BCUT2D eigenvalue weighted by atomic mass is 32.1. The number of likely N-dealkylation sites (N-methyl/N-ethyl adjacent to an activating group) is 1. The van der Waals surface area contributed by atoms with E-state index in [0.29, 0.717) is 17.5 Å². The lowest BCUT2D eigenvalue weighted by Crippen LogP contribution is -2.37. The molecule has 2 amide bonds. The van der Waals surface area contributed by atoms with Crippen molar-refractivity contribution in [2.24, 2.45) is 0 Å². The quantitative estimate of drug-likeness (QED) is 0.200. The van der Waals surface area contributed by atoms with Gasteiger partial charge in [0, 0.05) is 14.2 Å².